The summed E-state index contributed by atoms with van der Waals surface area (Å²) >= 11 is 1.65. The molecule has 0 spiro atoms. The Labute approximate surface area is 145 Å². The standard InChI is InChI=1S/C18H19NO4S/c1-19(12-15-4-3-11-22-15)17(20)13-23-18(21)10-7-14-5-8-16(24-2)9-6-14/h3-11H,12-13H2,1-2H3/b10-7+. The van der Waals surface area contributed by atoms with Crippen LogP contribution in [0.4, 0.5) is 0 Å². The predicted molar refractivity (Wildman–Crippen MR) is 93.4 cm³/mol. The van der Waals surface area contributed by atoms with Gasteiger partial charge in [0.15, 0.2) is 6.61 Å². The van der Waals surface area contributed by atoms with Gasteiger partial charge in [-0.1, -0.05) is 12.1 Å². The summed E-state index contributed by atoms with van der Waals surface area (Å²) in [7, 11) is 1.63. The number of esters is 1. The lowest BCUT2D eigenvalue weighted by molar-refractivity contribution is -0.147. The van der Waals surface area contributed by atoms with Crippen LogP contribution in [-0.2, 0) is 20.9 Å². The van der Waals surface area contributed by atoms with Gasteiger partial charge in [0.1, 0.15) is 5.76 Å². The number of hydrogen-bond acceptors (Lipinski definition) is 5. The fourth-order valence-electron chi connectivity index (χ4n) is 1.89. The Morgan fingerprint density at radius 3 is 2.62 bits per heavy atom. The van der Waals surface area contributed by atoms with E-state index in [4.69, 9.17) is 9.15 Å². The van der Waals surface area contributed by atoms with Gasteiger partial charge in [0.05, 0.1) is 12.8 Å². The van der Waals surface area contributed by atoms with E-state index in [1.54, 1.807) is 43.3 Å². The number of nitrogens with zero attached hydrogens (tertiary/aromatic N) is 1. The van der Waals surface area contributed by atoms with Gasteiger partial charge in [0, 0.05) is 18.0 Å². The molecule has 1 heterocycles. The molecule has 0 saturated heterocycles. The van der Waals surface area contributed by atoms with E-state index in [-0.39, 0.29) is 12.5 Å². The lowest BCUT2D eigenvalue weighted by Crippen LogP contribution is -2.30. The molecule has 6 heteroatoms. The first-order chi connectivity index (χ1) is 11.6. The second kappa shape index (κ2) is 8.98. The molecule has 0 atom stereocenters. The average molecular weight is 345 g/mol. The number of rotatable bonds is 7. The monoisotopic (exact) mass is 345 g/mol. The lowest BCUT2D eigenvalue weighted by Gasteiger charge is -2.15. The molecule has 0 bridgehead atoms. The average Bonchev–Trinajstić information content (AvgIpc) is 3.11. The second-order valence-corrected chi connectivity index (χ2v) is 5.92. The third kappa shape index (κ3) is 5.62. The summed E-state index contributed by atoms with van der Waals surface area (Å²) in [5.41, 5.74) is 0.894. The highest BCUT2D eigenvalue weighted by Gasteiger charge is 2.12. The number of carbonyl (C=O) groups is 2. The number of thioether (sulfide) groups is 1. The van der Waals surface area contributed by atoms with Crippen molar-refractivity contribution in [2.75, 3.05) is 19.9 Å². The summed E-state index contributed by atoms with van der Waals surface area (Å²) in [6, 6.07) is 11.3. The Hall–Kier alpha value is -2.47. The summed E-state index contributed by atoms with van der Waals surface area (Å²) in [4.78, 5) is 26.2. The minimum absolute atomic E-state index is 0.294. The van der Waals surface area contributed by atoms with Gasteiger partial charge in [0.2, 0.25) is 0 Å². The van der Waals surface area contributed by atoms with E-state index in [2.05, 4.69) is 0 Å². The van der Waals surface area contributed by atoms with Crippen molar-refractivity contribution in [1.82, 2.24) is 4.90 Å². The topological polar surface area (TPSA) is 59.8 Å². The van der Waals surface area contributed by atoms with E-state index in [1.807, 2.05) is 30.5 Å². The molecule has 0 N–H and O–H groups in total. The number of amides is 1. The van der Waals surface area contributed by atoms with Crippen LogP contribution in [0.1, 0.15) is 11.3 Å². The van der Waals surface area contributed by atoms with E-state index in [9.17, 15) is 9.59 Å². The highest BCUT2D eigenvalue weighted by atomic mass is 32.2. The third-order valence-electron chi connectivity index (χ3n) is 3.26. The Morgan fingerprint density at radius 1 is 1.25 bits per heavy atom. The maximum Gasteiger partial charge on any atom is 0.331 e. The smallest absolute Gasteiger partial charge is 0.331 e. The van der Waals surface area contributed by atoms with Crippen molar-refractivity contribution in [1.29, 1.82) is 0 Å². The molecule has 1 aromatic heterocycles. The van der Waals surface area contributed by atoms with Crippen molar-refractivity contribution >= 4 is 29.7 Å². The van der Waals surface area contributed by atoms with Crippen LogP contribution in [-0.4, -0.2) is 36.7 Å². The Morgan fingerprint density at radius 2 is 2.00 bits per heavy atom. The largest absolute Gasteiger partial charge is 0.467 e. The fourth-order valence-corrected chi connectivity index (χ4v) is 2.30. The molecule has 1 aromatic carbocycles. The third-order valence-corrected chi connectivity index (χ3v) is 4.01. The minimum Gasteiger partial charge on any atom is -0.467 e. The van der Waals surface area contributed by atoms with E-state index >= 15 is 0 Å². The molecule has 0 aliphatic rings. The summed E-state index contributed by atoms with van der Waals surface area (Å²) < 4.78 is 10.1. The summed E-state index contributed by atoms with van der Waals surface area (Å²) in [5, 5.41) is 0. The lowest BCUT2D eigenvalue weighted by atomic mass is 10.2. The molecule has 0 aliphatic heterocycles. The van der Waals surface area contributed by atoms with Gasteiger partial charge in [-0.2, -0.15) is 0 Å². The molecule has 1 amide bonds. The molecule has 24 heavy (non-hydrogen) atoms. The highest BCUT2D eigenvalue weighted by Crippen LogP contribution is 2.15. The van der Waals surface area contributed by atoms with Gasteiger partial charge in [0.25, 0.3) is 5.91 Å². The molecule has 5 nitrogen and oxygen atoms in total. The van der Waals surface area contributed by atoms with Crippen molar-refractivity contribution in [3.8, 4) is 0 Å². The fraction of sp³-hybridized carbons (Fsp3) is 0.222. The molecule has 126 valence electrons. The zero-order valence-corrected chi connectivity index (χ0v) is 14.4. The van der Waals surface area contributed by atoms with Crippen LogP contribution in [0.3, 0.4) is 0 Å². The summed E-state index contributed by atoms with van der Waals surface area (Å²) in [5.74, 6) is -0.174. The van der Waals surface area contributed by atoms with Crippen LogP contribution >= 0.6 is 11.8 Å². The molecule has 0 fully saturated rings. The number of carbonyl (C=O) groups excluding carboxylic acids is 2. The molecule has 2 aromatic rings. The quantitative estimate of drug-likeness (QED) is 0.438. The van der Waals surface area contributed by atoms with Gasteiger partial charge >= 0.3 is 5.97 Å². The van der Waals surface area contributed by atoms with Crippen LogP contribution in [0.25, 0.3) is 6.08 Å². The van der Waals surface area contributed by atoms with Gasteiger partial charge in [-0.05, 0) is 42.2 Å². The Kier molecular flexibility index (Phi) is 6.69. The first-order valence-corrected chi connectivity index (χ1v) is 8.56. The van der Waals surface area contributed by atoms with E-state index in [0.29, 0.717) is 12.3 Å². The van der Waals surface area contributed by atoms with Crippen molar-refractivity contribution < 1.29 is 18.7 Å². The zero-order valence-electron chi connectivity index (χ0n) is 13.6. The normalized spacial score (nSPS) is 10.8. The molecule has 0 radical (unpaired) electrons. The van der Waals surface area contributed by atoms with Crippen LogP contribution in [0.2, 0.25) is 0 Å². The van der Waals surface area contributed by atoms with Crippen LogP contribution in [0.15, 0.2) is 58.1 Å². The van der Waals surface area contributed by atoms with E-state index < -0.39 is 5.97 Å². The maximum absolute atomic E-state index is 11.9. The number of furan rings is 1. The van der Waals surface area contributed by atoms with Gasteiger partial charge in [-0.25, -0.2) is 4.79 Å². The van der Waals surface area contributed by atoms with Crippen LogP contribution in [0.5, 0.6) is 0 Å². The Bertz CT molecular complexity index is 692. The van der Waals surface area contributed by atoms with Gasteiger partial charge in [-0.3, -0.25) is 4.79 Å². The van der Waals surface area contributed by atoms with Crippen molar-refractivity contribution in [2.24, 2.45) is 0 Å². The molecular weight excluding hydrogens is 326 g/mol. The predicted octanol–water partition coefficient (Wildman–Crippen LogP) is 3.22. The zero-order chi connectivity index (χ0) is 17.4. The number of likely N-dealkylation sites (N-methyl/N-ethyl adjacent to an activating group) is 1. The Balaban J connectivity index is 1.77. The van der Waals surface area contributed by atoms with Crippen molar-refractivity contribution in [3.63, 3.8) is 0 Å². The van der Waals surface area contributed by atoms with Gasteiger partial charge in [-0.15, -0.1) is 11.8 Å². The van der Waals surface area contributed by atoms with Crippen molar-refractivity contribution in [3.05, 3.63) is 60.1 Å². The highest BCUT2D eigenvalue weighted by molar-refractivity contribution is 7.98. The number of hydrogen-bond donors (Lipinski definition) is 0. The molecule has 0 aliphatic carbocycles. The first-order valence-electron chi connectivity index (χ1n) is 7.33. The minimum atomic E-state index is -0.552. The number of ether oxygens (including phenoxy) is 1. The molecule has 0 saturated carbocycles. The van der Waals surface area contributed by atoms with Crippen LogP contribution < -0.4 is 0 Å². The van der Waals surface area contributed by atoms with Crippen LogP contribution in [0, 0.1) is 0 Å². The second-order valence-electron chi connectivity index (χ2n) is 5.04. The maximum atomic E-state index is 11.9. The summed E-state index contributed by atoms with van der Waals surface area (Å²) in [6.45, 7) is 0.0345. The SMILES string of the molecule is CSc1ccc(/C=C/C(=O)OCC(=O)N(C)Cc2ccco2)cc1. The van der Waals surface area contributed by atoms with Gasteiger partial charge < -0.3 is 14.1 Å². The molecule has 0 unspecified atom stereocenters. The molecule has 2 rings (SSSR count). The number of benzene rings is 1. The van der Waals surface area contributed by atoms with E-state index in [0.717, 1.165) is 10.5 Å². The van der Waals surface area contributed by atoms with E-state index in [1.165, 1.54) is 11.0 Å². The summed E-state index contributed by atoms with van der Waals surface area (Å²) in [6.07, 6.45) is 6.52. The molecular formula is C18H19NO4S. The van der Waals surface area contributed by atoms with Crippen molar-refractivity contribution in [2.45, 2.75) is 11.4 Å². The first kappa shape index (κ1) is 17.9.